The first kappa shape index (κ1) is 14.5. The summed E-state index contributed by atoms with van der Waals surface area (Å²) in [4.78, 5) is 11.7. The second-order valence-electron chi connectivity index (χ2n) is 4.16. The monoisotopic (exact) mass is 380 g/mol. The van der Waals surface area contributed by atoms with Gasteiger partial charge in [-0.1, -0.05) is 30.3 Å². The van der Waals surface area contributed by atoms with E-state index >= 15 is 0 Å². The number of hydrogen-bond donors (Lipinski definition) is 2. The van der Waals surface area contributed by atoms with Crippen LogP contribution in [0.4, 0.5) is 0 Å². The van der Waals surface area contributed by atoms with Crippen LogP contribution in [-0.4, -0.2) is 17.2 Å². The smallest absolute Gasteiger partial charge is 0.244 e. The predicted octanol–water partition coefficient (Wildman–Crippen LogP) is 2.69. The van der Waals surface area contributed by atoms with E-state index in [2.05, 4.69) is 33.1 Å². The molecule has 0 atom stereocenters. The number of phenols is 1. The van der Waals surface area contributed by atoms with Crippen molar-refractivity contribution in [2.45, 2.75) is 6.42 Å². The molecule has 1 amide bonds. The Morgan fingerprint density at radius 1 is 1.25 bits per heavy atom. The molecule has 5 heteroatoms. The maximum Gasteiger partial charge on any atom is 0.244 e. The van der Waals surface area contributed by atoms with Gasteiger partial charge in [-0.05, 0) is 46.4 Å². The number of nitrogens with one attached hydrogen (secondary N) is 1. The summed E-state index contributed by atoms with van der Waals surface area (Å²) in [7, 11) is 0. The molecule has 2 rings (SSSR count). The highest BCUT2D eigenvalue weighted by atomic mass is 127. The fourth-order valence-corrected chi connectivity index (χ4v) is 2.14. The van der Waals surface area contributed by atoms with Crippen LogP contribution in [0.15, 0.2) is 53.6 Å². The predicted molar refractivity (Wildman–Crippen MR) is 86.7 cm³/mol. The number of aromatic hydroxyl groups is 1. The van der Waals surface area contributed by atoms with E-state index in [0.29, 0.717) is 5.56 Å². The van der Waals surface area contributed by atoms with E-state index in [9.17, 15) is 9.90 Å². The quantitative estimate of drug-likeness (QED) is 0.487. The van der Waals surface area contributed by atoms with Crippen molar-refractivity contribution < 1.29 is 9.90 Å². The zero-order valence-corrected chi connectivity index (χ0v) is 12.7. The Bertz CT molecular complexity index is 627. The van der Waals surface area contributed by atoms with Crippen LogP contribution < -0.4 is 5.43 Å². The SMILES string of the molecule is O=C(Cc1ccccc1)N/N=C/c1cc(I)ccc1O. The summed E-state index contributed by atoms with van der Waals surface area (Å²) in [5.74, 6) is -0.0657. The highest BCUT2D eigenvalue weighted by Crippen LogP contribution is 2.17. The van der Waals surface area contributed by atoms with Gasteiger partial charge in [-0.2, -0.15) is 5.10 Å². The van der Waals surface area contributed by atoms with Crippen molar-refractivity contribution >= 4 is 34.7 Å². The van der Waals surface area contributed by atoms with E-state index in [1.165, 1.54) is 6.21 Å². The Labute approximate surface area is 130 Å². The third kappa shape index (κ3) is 4.34. The summed E-state index contributed by atoms with van der Waals surface area (Å²) < 4.78 is 0.984. The van der Waals surface area contributed by atoms with Crippen LogP contribution in [0, 0.1) is 3.57 Å². The van der Waals surface area contributed by atoms with Crippen molar-refractivity contribution in [3.05, 3.63) is 63.2 Å². The fourth-order valence-electron chi connectivity index (χ4n) is 1.62. The van der Waals surface area contributed by atoms with Gasteiger partial charge < -0.3 is 5.11 Å². The number of carbonyl (C=O) groups is 1. The molecule has 0 aliphatic carbocycles. The second-order valence-corrected chi connectivity index (χ2v) is 5.40. The van der Waals surface area contributed by atoms with Crippen LogP contribution in [0.5, 0.6) is 5.75 Å². The number of carbonyl (C=O) groups excluding carboxylic acids is 1. The lowest BCUT2D eigenvalue weighted by atomic mass is 10.1. The van der Waals surface area contributed by atoms with Gasteiger partial charge in [0.25, 0.3) is 0 Å². The number of rotatable bonds is 4. The maximum atomic E-state index is 11.7. The van der Waals surface area contributed by atoms with Crippen LogP contribution in [0.1, 0.15) is 11.1 Å². The van der Waals surface area contributed by atoms with Crippen molar-refractivity contribution in [1.29, 1.82) is 0 Å². The van der Waals surface area contributed by atoms with E-state index < -0.39 is 0 Å². The largest absolute Gasteiger partial charge is 0.507 e. The number of hydrogen-bond acceptors (Lipinski definition) is 3. The maximum absolute atomic E-state index is 11.7. The van der Waals surface area contributed by atoms with E-state index in [1.807, 2.05) is 30.3 Å². The van der Waals surface area contributed by atoms with Crippen molar-refractivity contribution in [2.24, 2.45) is 5.10 Å². The summed E-state index contributed by atoms with van der Waals surface area (Å²) >= 11 is 2.14. The van der Waals surface area contributed by atoms with Gasteiger partial charge in [0.1, 0.15) is 5.75 Å². The first-order valence-electron chi connectivity index (χ1n) is 5.99. The highest BCUT2D eigenvalue weighted by Gasteiger charge is 2.02. The summed E-state index contributed by atoms with van der Waals surface area (Å²) in [6, 6.07) is 14.6. The third-order valence-electron chi connectivity index (χ3n) is 2.59. The normalized spacial score (nSPS) is 10.7. The molecule has 2 aromatic carbocycles. The first-order chi connectivity index (χ1) is 9.65. The number of amides is 1. The van der Waals surface area contributed by atoms with Gasteiger partial charge in [0.2, 0.25) is 5.91 Å². The van der Waals surface area contributed by atoms with Gasteiger partial charge >= 0.3 is 0 Å². The minimum atomic E-state index is -0.197. The zero-order chi connectivity index (χ0) is 14.4. The molecule has 2 N–H and O–H groups in total. The lowest BCUT2D eigenvalue weighted by Crippen LogP contribution is -2.19. The molecular weight excluding hydrogens is 367 g/mol. The van der Waals surface area contributed by atoms with Gasteiger partial charge in [-0.3, -0.25) is 4.79 Å². The highest BCUT2D eigenvalue weighted by molar-refractivity contribution is 14.1. The van der Waals surface area contributed by atoms with E-state index in [-0.39, 0.29) is 18.1 Å². The Kier molecular flexibility index (Phi) is 5.11. The molecule has 0 unspecified atom stereocenters. The molecule has 0 aromatic heterocycles. The molecule has 0 spiro atoms. The standard InChI is InChI=1S/C15H13IN2O2/c16-13-6-7-14(19)12(9-13)10-17-18-15(20)8-11-4-2-1-3-5-11/h1-7,9-10,19H,8H2,(H,18,20)/b17-10+. The van der Waals surface area contributed by atoms with Crippen LogP contribution in [0.2, 0.25) is 0 Å². The van der Waals surface area contributed by atoms with Gasteiger partial charge in [0, 0.05) is 9.13 Å². The summed E-state index contributed by atoms with van der Waals surface area (Å²) in [5.41, 5.74) is 3.94. The summed E-state index contributed by atoms with van der Waals surface area (Å²) in [6.45, 7) is 0. The van der Waals surface area contributed by atoms with E-state index in [4.69, 9.17) is 0 Å². The first-order valence-corrected chi connectivity index (χ1v) is 7.07. The molecule has 20 heavy (non-hydrogen) atoms. The minimum Gasteiger partial charge on any atom is -0.507 e. The molecule has 0 bridgehead atoms. The van der Waals surface area contributed by atoms with Crippen molar-refractivity contribution in [2.75, 3.05) is 0 Å². The molecule has 0 saturated heterocycles. The van der Waals surface area contributed by atoms with Crippen molar-refractivity contribution in [1.82, 2.24) is 5.43 Å². The Morgan fingerprint density at radius 3 is 2.75 bits per heavy atom. The molecule has 102 valence electrons. The number of hydrazone groups is 1. The lowest BCUT2D eigenvalue weighted by Gasteiger charge is -2.01. The topological polar surface area (TPSA) is 61.7 Å². The number of benzene rings is 2. The van der Waals surface area contributed by atoms with Crippen molar-refractivity contribution in [3.8, 4) is 5.75 Å². The average molecular weight is 380 g/mol. The fraction of sp³-hybridized carbons (Fsp3) is 0.0667. The number of nitrogens with zero attached hydrogens (tertiary/aromatic N) is 1. The minimum absolute atomic E-state index is 0.131. The molecular formula is C15H13IN2O2. The molecule has 0 aliphatic rings. The average Bonchev–Trinajstić information content (AvgIpc) is 2.44. The Hall–Kier alpha value is -1.89. The van der Waals surface area contributed by atoms with Gasteiger partial charge in [-0.25, -0.2) is 5.43 Å². The molecule has 0 saturated carbocycles. The number of phenolic OH excluding ortho intramolecular Hbond substituents is 1. The van der Waals surface area contributed by atoms with Gasteiger partial charge in [-0.15, -0.1) is 0 Å². The van der Waals surface area contributed by atoms with Crippen LogP contribution in [0.25, 0.3) is 0 Å². The Balaban J connectivity index is 1.93. The number of halogens is 1. The second kappa shape index (κ2) is 7.04. The molecule has 0 aliphatic heterocycles. The van der Waals surface area contributed by atoms with Crippen LogP contribution >= 0.6 is 22.6 Å². The van der Waals surface area contributed by atoms with Crippen LogP contribution in [0.3, 0.4) is 0 Å². The van der Waals surface area contributed by atoms with Gasteiger partial charge in [0.15, 0.2) is 0 Å². The van der Waals surface area contributed by atoms with Gasteiger partial charge in [0.05, 0.1) is 12.6 Å². The molecule has 2 aromatic rings. The summed E-state index contributed by atoms with van der Waals surface area (Å²) in [5, 5.41) is 13.5. The van der Waals surface area contributed by atoms with E-state index in [1.54, 1.807) is 18.2 Å². The lowest BCUT2D eigenvalue weighted by molar-refractivity contribution is -0.120. The van der Waals surface area contributed by atoms with E-state index in [0.717, 1.165) is 9.13 Å². The Morgan fingerprint density at radius 2 is 2.00 bits per heavy atom. The molecule has 0 radical (unpaired) electrons. The molecule has 0 fully saturated rings. The van der Waals surface area contributed by atoms with Crippen molar-refractivity contribution in [3.63, 3.8) is 0 Å². The molecule has 0 heterocycles. The zero-order valence-electron chi connectivity index (χ0n) is 10.6. The third-order valence-corrected chi connectivity index (χ3v) is 3.26. The molecule has 4 nitrogen and oxygen atoms in total. The van der Waals surface area contributed by atoms with Crippen LogP contribution in [-0.2, 0) is 11.2 Å². The summed E-state index contributed by atoms with van der Waals surface area (Å²) in [6.07, 6.45) is 1.71.